The average Bonchev–Trinajstić information content (AvgIpc) is 3.38. The molecule has 2 atom stereocenters. The van der Waals surface area contributed by atoms with Gasteiger partial charge in [0, 0.05) is 34.3 Å². The zero-order valence-corrected chi connectivity index (χ0v) is 27.0. The highest BCUT2D eigenvalue weighted by molar-refractivity contribution is 7.19. The number of nitriles is 1. The van der Waals surface area contributed by atoms with Crippen molar-refractivity contribution in [3.05, 3.63) is 45.8 Å². The number of fused-ring (bicyclic) bond motifs is 2. The van der Waals surface area contributed by atoms with Crippen LogP contribution in [0.5, 0.6) is 6.01 Å². The number of methoxy groups -OCH3 is 1. The molecule has 4 aromatic rings. The fourth-order valence-electron chi connectivity index (χ4n) is 5.88. The number of anilines is 1. The third kappa shape index (κ3) is 5.68. The van der Waals surface area contributed by atoms with E-state index in [-0.39, 0.29) is 23.5 Å². The fourth-order valence-corrected chi connectivity index (χ4v) is 7.06. The molecule has 5 nitrogen and oxygen atoms in total. The van der Waals surface area contributed by atoms with E-state index >= 15 is 8.78 Å². The molecule has 0 fully saturated rings. The number of aryl methyl sites for hydroxylation is 1. The van der Waals surface area contributed by atoms with Crippen molar-refractivity contribution >= 4 is 38.1 Å². The highest BCUT2D eigenvalue weighted by Gasteiger charge is 2.28. The van der Waals surface area contributed by atoms with Crippen LogP contribution < -0.4 is 9.64 Å². The number of hydrogen-bond acceptors (Lipinski definition) is 6. The first-order chi connectivity index (χ1) is 20.0. The molecule has 0 radical (unpaired) electrons. The van der Waals surface area contributed by atoms with E-state index in [0.29, 0.717) is 56.2 Å². The van der Waals surface area contributed by atoms with Gasteiger partial charge in [-0.2, -0.15) is 15.2 Å². The molecule has 0 saturated heterocycles. The van der Waals surface area contributed by atoms with Crippen molar-refractivity contribution in [2.75, 3.05) is 19.1 Å². The van der Waals surface area contributed by atoms with E-state index in [1.165, 1.54) is 24.5 Å². The third-order valence-corrected chi connectivity index (χ3v) is 10.0. The molecule has 0 saturated carbocycles. The molecule has 2 aromatic heterocycles. The van der Waals surface area contributed by atoms with Crippen molar-refractivity contribution < 1.29 is 13.5 Å². The molecule has 0 aliphatic rings. The van der Waals surface area contributed by atoms with Crippen molar-refractivity contribution in [1.82, 2.24) is 9.97 Å². The van der Waals surface area contributed by atoms with Crippen LogP contribution in [0.3, 0.4) is 0 Å². The van der Waals surface area contributed by atoms with Gasteiger partial charge >= 0.3 is 6.01 Å². The number of aromatic nitrogens is 2. The summed E-state index contributed by atoms with van der Waals surface area (Å²) in [4.78, 5) is 12.2. The SMILES string of the molecule is CCc1cc2c(N(C)C(CCC(C)CC)C(C)C)nc(OC)nc2c(F)c1-c1ccc(F)c2sc(C(C)C)c(C#N)c12. The second kappa shape index (κ2) is 12.9. The van der Waals surface area contributed by atoms with E-state index in [0.717, 1.165) is 29.7 Å². The average molecular weight is 593 g/mol. The summed E-state index contributed by atoms with van der Waals surface area (Å²) >= 11 is 1.27. The summed E-state index contributed by atoms with van der Waals surface area (Å²) < 4.78 is 37.8. The number of halogens is 2. The van der Waals surface area contributed by atoms with E-state index in [4.69, 9.17) is 9.72 Å². The van der Waals surface area contributed by atoms with Crippen LogP contribution in [0.4, 0.5) is 14.6 Å². The minimum absolute atomic E-state index is 0.0284. The van der Waals surface area contributed by atoms with Gasteiger partial charge in [0.15, 0.2) is 5.82 Å². The Bertz CT molecular complexity index is 1640. The van der Waals surface area contributed by atoms with Crippen molar-refractivity contribution in [2.45, 2.75) is 86.1 Å². The molecule has 2 aromatic carbocycles. The van der Waals surface area contributed by atoms with Gasteiger partial charge in [0.25, 0.3) is 0 Å². The minimum Gasteiger partial charge on any atom is -0.467 e. The molecule has 0 aliphatic heterocycles. The van der Waals surface area contributed by atoms with Gasteiger partial charge in [-0.3, -0.25) is 0 Å². The quantitative estimate of drug-likeness (QED) is 0.173. The molecule has 224 valence electrons. The number of rotatable bonds is 11. The smallest absolute Gasteiger partial charge is 0.318 e. The molecule has 0 spiro atoms. The second-order valence-electron chi connectivity index (χ2n) is 11.9. The Hall–Kier alpha value is -3.31. The van der Waals surface area contributed by atoms with E-state index in [9.17, 15) is 5.26 Å². The summed E-state index contributed by atoms with van der Waals surface area (Å²) in [6, 6.07) is 7.48. The minimum atomic E-state index is -0.519. The first-order valence-corrected chi connectivity index (χ1v) is 15.8. The lowest BCUT2D eigenvalue weighted by molar-refractivity contribution is 0.374. The Balaban J connectivity index is 2.02. The maximum Gasteiger partial charge on any atom is 0.318 e. The first-order valence-electron chi connectivity index (χ1n) is 14.9. The van der Waals surface area contributed by atoms with Crippen LogP contribution in [0.15, 0.2) is 18.2 Å². The molecular weight excluding hydrogens is 550 g/mol. The largest absolute Gasteiger partial charge is 0.467 e. The van der Waals surface area contributed by atoms with Crippen LogP contribution in [0, 0.1) is 34.8 Å². The lowest BCUT2D eigenvalue weighted by atomic mass is 9.90. The Morgan fingerprint density at radius 2 is 1.79 bits per heavy atom. The van der Waals surface area contributed by atoms with Crippen molar-refractivity contribution in [2.24, 2.45) is 11.8 Å². The van der Waals surface area contributed by atoms with Gasteiger partial charge in [-0.05, 0) is 60.3 Å². The van der Waals surface area contributed by atoms with Crippen LogP contribution >= 0.6 is 11.3 Å². The van der Waals surface area contributed by atoms with Crippen LogP contribution in [0.25, 0.3) is 32.1 Å². The molecule has 2 heterocycles. The molecule has 4 rings (SSSR count). The highest BCUT2D eigenvalue weighted by atomic mass is 32.1. The second-order valence-corrected chi connectivity index (χ2v) is 13.0. The van der Waals surface area contributed by atoms with Gasteiger partial charge in [-0.25, -0.2) is 8.78 Å². The highest BCUT2D eigenvalue weighted by Crippen LogP contribution is 2.45. The molecule has 2 unspecified atom stereocenters. The predicted octanol–water partition coefficient (Wildman–Crippen LogP) is 9.64. The molecule has 0 bridgehead atoms. The lowest BCUT2D eigenvalue weighted by Crippen LogP contribution is -2.37. The number of benzene rings is 2. The van der Waals surface area contributed by atoms with Gasteiger partial charge < -0.3 is 9.64 Å². The zero-order valence-electron chi connectivity index (χ0n) is 26.2. The topological polar surface area (TPSA) is 62.0 Å². The van der Waals surface area contributed by atoms with Crippen molar-refractivity contribution in [3.8, 4) is 23.2 Å². The summed E-state index contributed by atoms with van der Waals surface area (Å²) in [6.07, 6.45) is 3.73. The Kier molecular flexibility index (Phi) is 9.72. The van der Waals surface area contributed by atoms with Gasteiger partial charge in [0.2, 0.25) is 0 Å². The van der Waals surface area contributed by atoms with Crippen LogP contribution in [-0.4, -0.2) is 30.2 Å². The molecule has 0 N–H and O–H groups in total. The fraction of sp³-hybridized carbons (Fsp3) is 0.500. The van der Waals surface area contributed by atoms with E-state index in [1.807, 2.05) is 33.9 Å². The molecule has 8 heteroatoms. The Morgan fingerprint density at radius 1 is 1.07 bits per heavy atom. The summed E-state index contributed by atoms with van der Waals surface area (Å²) in [5, 5.41) is 11.2. The lowest BCUT2D eigenvalue weighted by Gasteiger charge is -2.34. The van der Waals surface area contributed by atoms with E-state index in [2.05, 4.69) is 43.6 Å². The zero-order chi connectivity index (χ0) is 30.9. The Morgan fingerprint density at radius 3 is 2.36 bits per heavy atom. The number of ether oxygens (including phenoxy) is 1. The van der Waals surface area contributed by atoms with Crippen molar-refractivity contribution in [3.63, 3.8) is 0 Å². The van der Waals surface area contributed by atoms with Gasteiger partial charge in [0.1, 0.15) is 23.2 Å². The molecule has 0 amide bonds. The number of thiophene rings is 1. The molecular formula is C34H42F2N4OS. The van der Waals surface area contributed by atoms with Gasteiger partial charge in [0.05, 0.1) is 17.4 Å². The summed E-state index contributed by atoms with van der Waals surface area (Å²) in [6.45, 7) is 14.8. The summed E-state index contributed by atoms with van der Waals surface area (Å²) in [5.74, 6) is 0.679. The normalized spacial score (nSPS) is 13.2. The first kappa shape index (κ1) is 31.6. The predicted molar refractivity (Wildman–Crippen MR) is 171 cm³/mol. The van der Waals surface area contributed by atoms with E-state index < -0.39 is 11.6 Å². The van der Waals surface area contributed by atoms with Crippen molar-refractivity contribution in [1.29, 1.82) is 5.26 Å². The van der Waals surface area contributed by atoms with Crippen LogP contribution in [0.2, 0.25) is 0 Å². The van der Waals surface area contributed by atoms with E-state index in [1.54, 1.807) is 6.07 Å². The standard InChI is InChI=1S/C34H42F2N4OS/c1-10-20(7)12-15-26(18(3)4)40(8)33-23-16-21(11-2)27(29(36)30(23)38-34(39-33)41-9)22-13-14-25(35)32-28(22)24(17-37)31(42-32)19(5)6/h13-14,16,18-20,26H,10-12,15H2,1-9H3. The summed E-state index contributed by atoms with van der Waals surface area (Å²) in [7, 11) is 3.50. The number of hydrogen-bond donors (Lipinski definition) is 0. The van der Waals surface area contributed by atoms with Crippen LogP contribution in [-0.2, 0) is 6.42 Å². The van der Waals surface area contributed by atoms with Gasteiger partial charge in [-0.1, -0.05) is 61.0 Å². The van der Waals surface area contributed by atoms with Gasteiger partial charge in [-0.15, -0.1) is 11.3 Å². The third-order valence-electron chi connectivity index (χ3n) is 8.51. The molecule has 42 heavy (non-hydrogen) atoms. The number of nitrogens with zero attached hydrogens (tertiary/aromatic N) is 4. The monoisotopic (exact) mass is 592 g/mol. The summed E-state index contributed by atoms with van der Waals surface area (Å²) in [5.41, 5.74) is 2.14. The maximum atomic E-state index is 16.9. The maximum absolute atomic E-state index is 16.9. The Labute approximate surface area is 252 Å². The molecule has 0 aliphatic carbocycles. The van der Waals surface area contributed by atoms with Crippen LogP contribution in [0.1, 0.15) is 89.7 Å².